The van der Waals surface area contributed by atoms with E-state index in [0.717, 1.165) is 44.2 Å². The second kappa shape index (κ2) is 8.60. The Morgan fingerprint density at radius 2 is 1.03 bits per heavy atom. The smallest absolute Gasteiger partial charge is 0.258 e. The molecule has 5 aromatic carbocycles. The average Bonchev–Trinajstić information content (AvgIpc) is 2.88. The van der Waals surface area contributed by atoms with Gasteiger partial charge in [-0.05, 0) is 68.4 Å². The lowest BCUT2D eigenvalue weighted by Gasteiger charge is -2.19. The van der Waals surface area contributed by atoms with Crippen molar-refractivity contribution in [2.75, 3.05) is 0 Å². The van der Waals surface area contributed by atoms with E-state index in [9.17, 15) is 20.2 Å². The quantitative estimate of drug-likeness (QED) is 0.205. The van der Waals surface area contributed by atoms with Crippen molar-refractivity contribution in [1.29, 1.82) is 0 Å². The third kappa shape index (κ3) is 3.78. The highest BCUT2D eigenvalue weighted by Gasteiger charge is 2.20. The van der Waals surface area contributed by atoms with Crippen LogP contribution in [0.2, 0.25) is 0 Å². The number of hydrogen-bond donors (Lipinski definition) is 0. The lowest BCUT2D eigenvalue weighted by Crippen LogP contribution is -1.95. The zero-order chi connectivity index (χ0) is 23.7. The first-order valence-electron chi connectivity index (χ1n) is 10.6. The van der Waals surface area contributed by atoms with Crippen LogP contribution in [0.15, 0.2) is 109 Å². The minimum absolute atomic E-state index is 0.0182. The van der Waals surface area contributed by atoms with Crippen molar-refractivity contribution < 1.29 is 9.85 Å². The van der Waals surface area contributed by atoms with E-state index >= 15 is 0 Å². The molecule has 0 atom stereocenters. The molecule has 6 heteroatoms. The van der Waals surface area contributed by atoms with Gasteiger partial charge in [0.1, 0.15) is 0 Å². The van der Waals surface area contributed by atoms with Crippen molar-refractivity contribution in [3.05, 3.63) is 129 Å². The Kier molecular flexibility index (Phi) is 5.32. The molecule has 5 aromatic rings. The molecular weight excluding hydrogens is 428 g/mol. The predicted molar refractivity (Wildman–Crippen MR) is 134 cm³/mol. The zero-order valence-corrected chi connectivity index (χ0v) is 17.9. The third-order valence-corrected chi connectivity index (χ3v) is 5.85. The molecule has 0 aromatic heterocycles. The summed E-state index contributed by atoms with van der Waals surface area (Å²) in [5.74, 6) is 0. The minimum Gasteiger partial charge on any atom is -0.258 e. The normalized spacial score (nSPS) is 10.8. The lowest BCUT2D eigenvalue weighted by molar-refractivity contribution is -0.385. The standard InChI is InChI=1S/C28H18N2O4/c31-29(32)23-14-11-19(12-15-23)25-17-22-13-16-24(30(33)34)18-26(22)28(21-9-5-2-6-10-21)27(25)20-7-3-1-4-8-20/h1-18H. The summed E-state index contributed by atoms with van der Waals surface area (Å²) in [6.07, 6.45) is 0. The maximum Gasteiger partial charge on any atom is 0.270 e. The molecule has 0 N–H and O–H groups in total. The predicted octanol–water partition coefficient (Wildman–Crippen LogP) is 7.66. The zero-order valence-electron chi connectivity index (χ0n) is 17.9. The maximum absolute atomic E-state index is 11.6. The van der Waals surface area contributed by atoms with Crippen LogP contribution in [-0.4, -0.2) is 9.85 Å². The Bertz CT molecular complexity index is 1530. The first kappa shape index (κ1) is 21.0. The van der Waals surface area contributed by atoms with E-state index in [4.69, 9.17) is 0 Å². The van der Waals surface area contributed by atoms with E-state index in [1.807, 2.05) is 66.7 Å². The number of fused-ring (bicyclic) bond motifs is 1. The molecule has 0 spiro atoms. The van der Waals surface area contributed by atoms with Crippen LogP contribution in [0.4, 0.5) is 11.4 Å². The van der Waals surface area contributed by atoms with Crippen LogP contribution in [0.5, 0.6) is 0 Å². The number of rotatable bonds is 5. The largest absolute Gasteiger partial charge is 0.270 e. The Morgan fingerprint density at radius 1 is 0.500 bits per heavy atom. The first-order valence-corrected chi connectivity index (χ1v) is 10.6. The van der Waals surface area contributed by atoms with Gasteiger partial charge in [-0.2, -0.15) is 0 Å². The summed E-state index contributed by atoms with van der Waals surface area (Å²) in [4.78, 5) is 22.0. The molecule has 5 rings (SSSR count). The summed E-state index contributed by atoms with van der Waals surface area (Å²) >= 11 is 0. The van der Waals surface area contributed by atoms with Crippen LogP contribution in [0.25, 0.3) is 44.2 Å². The van der Waals surface area contributed by atoms with E-state index in [0.29, 0.717) is 0 Å². The molecule has 0 saturated carbocycles. The third-order valence-electron chi connectivity index (χ3n) is 5.85. The summed E-state index contributed by atoms with van der Waals surface area (Å²) in [5, 5.41) is 24.4. The summed E-state index contributed by atoms with van der Waals surface area (Å²) in [6, 6.07) is 32.9. The van der Waals surface area contributed by atoms with Gasteiger partial charge < -0.3 is 0 Å². The number of non-ortho nitro benzene ring substituents is 2. The molecule has 0 radical (unpaired) electrons. The molecule has 0 unspecified atom stereocenters. The first-order chi connectivity index (χ1) is 16.5. The SMILES string of the molecule is O=[N+]([O-])c1ccc(-c2cc3ccc([N+](=O)[O-])cc3c(-c3ccccc3)c2-c2ccccc2)cc1. The van der Waals surface area contributed by atoms with Crippen molar-refractivity contribution >= 4 is 22.1 Å². The van der Waals surface area contributed by atoms with Crippen LogP contribution in [-0.2, 0) is 0 Å². The lowest BCUT2D eigenvalue weighted by atomic mass is 9.84. The number of hydrogen-bond acceptors (Lipinski definition) is 4. The molecule has 0 saturated heterocycles. The van der Waals surface area contributed by atoms with E-state index in [-0.39, 0.29) is 16.3 Å². The molecular formula is C28H18N2O4. The molecule has 0 aliphatic heterocycles. The molecule has 0 amide bonds. The number of nitro groups is 2. The minimum atomic E-state index is -0.420. The van der Waals surface area contributed by atoms with Gasteiger partial charge in [0.05, 0.1) is 9.85 Å². The van der Waals surface area contributed by atoms with Gasteiger partial charge in [-0.15, -0.1) is 0 Å². The van der Waals surface area contributed by atoms with Crippen molar-refractivity contribution in [3.8, 4) is 33.4 Å². The highest BCUT2D eigenvalue weighted by Crippen LogP contribution is 2.45. The fraction of sp³-hybridized carbons (Fsp3) is 0. The van der Waals surface area contributed by atoms with Crippen LogP contribution >= 0.6 is 0 Å². The fourth-order valence-corrected chi connectivity index (χ4v) is 4.30. The van der Waals surface area contributed by atoms with Crippen molar-refractivity contribution in [2.24, 2.45) is 0 Å². The van der Waals surface area contributed by atoms with Crippen LogP contribution in [0.3, 0.4) is 0 Å². The molecule has 0 heterocycles. The van der Waals surface area contributed by atoms with Gasteiger partial charge in [-0.1, -0.05) is 60.7 Å². The molecule has 164 valence electrons. The number of nitro benzene ring substituents is 2. The molecule has 0 aliphatic carbocycles. The summed E-state index contributed by atoms with van der Waals surface area (Å²) in [6.45, 7) is 0. The Hall–Kier alpha value is -4.84. The summed E-state index contributed by atoms with van der Waals surface area (Å²) in [5.41, 5.74) is 5.41. The van der Waals surface area contributed by atoms with Gasteiger partial charge in [0.25, 0.3) is 11.4 Å². The van der Waals surface area contributed by atoms with Crippen molar-refractivity contribution in [3.63, 3.8) is 0 Å². The van der Waals surface area contributed by atoms with Crippen molar-refractivity contribution in [2.45, 2.75) is 0 Å². The second-order valence-corrected chi connectivity index (χ2v) is 7.87. The molecule has 0 aliphatic rings. The van der Waals surface area contributed by atoms with Gasteiger partial charge in [0.15, 0.2) is 0 Å². The van der Waals surface area contributed by atoms with Gasteiger partial charge in [-0.25, -0.2) is 0 Å². The monoisotopic (exact) mass is 446 g/mol. The second-order valence-electron chi connectivity index (χ2n) is 7.87. The van der Waals surface area contributed by atoms with Gasteiger partial charge in [0.2, 0.25) is 0 Å². The Morgan fingerprint density at radius 3 is 1.59 bits per heavy atom. The summed E-state index contributed by atoms with van der Waals surface area (Å²) in [7, 11) is 0. The molecule has 0 fully saturated rings. The van der Waals surface area contributed by atoms with E-state index in [2.05, 4.69) is 0 Å². The van der Waals surface area contributed by atoms with Crippen LogP contribution < -0.4 is 0 Å². The summed E-state index contributed by atoms with van der Waals surface area (Å²) < 4.78 is 0. The van der Waals surface area contributed by atoms with Crippen LogP contribution in [0, 0.1) is 20.2 Å². The highest BCUT2D eigenvalue weighted by atomic mass is 16.6. The van der Waals surface area contributed by atoms with Gasteiger partial charge in [-0.3, -0.25) is 20.2 Å². The van der Waals surface area contributed by atoms with Crippen molar-refractivity contribution in [1.82, 2.24) is 0 Å². The van der Waals surface area contributed by atoms with E-state index in [1.54, 1.807) is 24.3 Å². The number of benzene rings is 5. The van der Waals surface area contributed by atoms with E-state index < -0.39 is 4.92 Å². The fourth-order valence-electron chi connectivity index (χ4n) is 4.30. The molecule has 0 bridgehead atoms. The molecule has 34 heavy (non-hydrogen) atoms. The topological polar surface area (TPSA) is 86.3 Å². The molecule has 6 nitrogen and oxygen atoms in total. The van der Waals surface area contributed by atoms with Gasteiger partial charge in [0, 0.05) is 24.3 Å². The van der Waals surface area contributed by atoms with Crippen LogP contribution in [0.1, 0.15) is 0 Å². The maximum atomic E-state index is 11.6. The Balaban J connectivity index is 1.93. The number of nitrogens with zero attached hydrogens (tertiary/aromatic N) is 2. The Labute approximate surface area is 195 Å². The van der Waals surface area contributed by atoms with Gasteiger partial charge >= 0.3 is 0 Å². The van der Waals surface area contributed by atoms with E-state index in [1.165, 1.54) is 18.2 Å². The average molecular weight is 446 g/mol. The highest BCUT2D eigenvalue weighted by molar-refractivity contribution is 6.10.